The second kappa shape index (κ2) is 11.2. The van der Waals surface area contributed by atoms with Gasteiger partial charge >= 0.3 is 0 Å². The van der Waals surface area contributed by atoms with Crippen LogP contribution in [-0.4, -0.2) is 48.3 Å². The number of benzene rings is 3. The van der Waals surface area contributed by atoms with Gasteiger partial charge in [-0.1, -0.05) is 61.5 Å². The third-order valence-corrected chi connectivity index (χ3v) is 6.62. The van der Waals surface area contributed by atoms with Crippen molar-refractivity contribution in [3.63, 3.8) is 0 Å². The lowest BCUT2D eigenvalue weighted by molar-refractivity contribution is -0.139. The van der Waals surface area contributed by atoms with E-state index in [1.54, 1.807) is 16.7 Å². The zero-order valence-corrected chi connectivity index (χ0v) is 20.5. The molecular formula is C29H33N3O3. The number of rotatable bonds is 11. The summed E-state index contributed by atoms with van der Waals surface area (Å²) in [6.07, 6.45) is 2.33. The summed E-state index contributed by atoms with van der Waals surface area (Å²) in [5, 5.41) is 4.94. The first kappa shape index (κ1) is 24.5. The summed E-state index contributed by atoms with van der Waals surface area (Å²) >= 11 is 0. The number of carbonyl (C=O) groups is 3. The first-order valence-corrected chi connectivity index (χ1v) is 12.5. The molecule has 0 bridgehead atoms. The lowest BCUT2D eigenvalue weighted by Crippen LogP contribution is -2.49. The minimum atomic E-state index is -0.552. The summed E-state index contributed by atoms with van der Waals surface area (Å²) in [4.78, 5) is 42.4. The first-order chi connectivity index (χ1) is 17.0. The quantitative estimate of drug-likeness (QED) is 0.446. The summed E-state index contributed by atoms with van der Waals surface area (Å²) in [6, 6.07) is 21.1. The Kier molecular flexibility index (Phi) is 7.80. The Morgan fingerprint density at radius 3 is 2.49 bits per heavy atom. The molecule has 6 heteroatoms. The smallest absolute Gasteiger partial charge is 0.258 e. The van der Waals surface area contributed by atoms with E-state index in [0.29, 0.717) is 32.5 Å². The fourth-order valence-electron chi connectivity index (χ4n) is 4.70. The van der Waals surface area contributed by atoms with Crippen LogP contribution in [0.2, 0.25) is 0 Å². The Hall–Kier alpha value is -3.67. The number of nitrogens with zero attached hydrogens (tertiary/aromatic N) is 2. The Labute approximate surface area is 206 Å². The molecule has 0 unspecified atom stereocenters. The molecule has 1 heterocycles. The van der Waals surface area contributed by atoms with Crippen molar-refractivity contribution in [3.8, 4) is 0 Å². The van der Waals surface area contributed by atoms with Crippen LogP contribution in [0.5, 0.6) is 0 Å². The van der Waals surface area contributed by atoms with Crippen LogP contribution in [0.1, 0.15) is 49.0 Å². The fourth-order valence-corrected chi connectivity index (χ4v) is 4.70. The van der Waals surface area contributed by atoms with Crippen molar-refractivity contribution in [2.24, 2.45) is 0 Å². The molecule has 1 aliphatic heterocycles. The highest BCUT2D eigenvalue weighted by atomic mass is 16.2. The van der Waals surface area contributed by atoms with Crippen molar-refractivity contribution in [3.05, 3.63) is 77.9 Å². The van der Waals surface area contributed by atoms with Gasteiger partial charge in [0.15, 0.2) is 0 Å². The molecule has 3 amide bonds. The molecule has 4 rings (SSSR count). The van der Waals surface area contributed by atoms with Crippen molar-refractivity contribution >= 4 is 34.2 Å². The molecule has 182 valence electrons. The number of anilines is 1. The molecule has 1 aliphatic rings. The van der Waals surface area contributed by atoms with Crippen LogP contribution in [0.3, 0.4) is 0 Å². The standard InChI is InChI=1S/C29H33N3O3/c1-3-18-30-28(34)21(2)31(20-17-22-10-5-4-6-11-22)26(33)16-9-19-32-25-15-8-13-23-12-7-14-24(27(23)25)29(32)35/h4-8,10-15,21H,3,9,16-20H2,1-2H3,(H,30,34)/t21-/m0/s1. The molecule has 0 aromatic heterocycles. The van der Waals surface area contributed by atoms with Gasteiger partial charge < -0.3 is 15.1 Å². The molecule has 3 aromatic rings. The van der Waals surface area contributed by atoms with E-state index in [9.17, 15) is 14.4 Å². The third kappa shape index (κ3) is 5.37. The average molecular weight is 472 g/mol. The van der Waals surface area contributed by atoms with Gasteiger partial charge in [-0.15, -0.1) is 0 Å². The highest BCUT2D eigenvalue weighted by Crippen LogP contribution is 2.37. The van der Waals surface area contributed by atoms with E-state index >= 15 is 0 Å². The molecule has 3 aromatic carbocycles. The SMILES string of the molecule is CCCNC(=O)[C@H](C)N(CCc1ccccc1)C(=O)CCCN1C(=O)c2cccc3cccc1c23. The lowest BCUT2D eigenvalue weighted by Gasteiger charge is -2.29. The molecule has 0 fully saturated rings. The van der Waals surface area contributed by atoms with Gasteiger partial charge in [0.25, 0.3) is 5.91 Å². The Balaban J connectivity index is 1.41. The molecule has 0 saturated heterocycles. The van der Waals surface area contributed by atoms with Crippen LogP contribution in [-0.2, 0) is 16.0 Å². The Morgan fingerprint density at radius 1 is 1.00 bits per heavy atom. The molecule has 0 aliphatic carbocycles. The van der Waals surface area contributed by atoms with Gasteiger partial charge in [-0.05, 0) is 49.3 Å². The zero-order valence-electron chi connectivity index (χ0n) is 20.5. The van der Waals surface area contributed by atoms with Gasteiger partial charge in [-0.2, -0.15) is 0 Å². The van der Waals surface area contributed by atoms with E-state index in [1.807, 2.05) is 73.7 Å². The van der Waals surface area contributed by atoms with E-state index in [1.165, 1.54) is 0 Å². The van der Waals surface area contributed by atoms with Gasteiger partial charge in [-0.3, -0.25) is 14.4 Å². The largest absolute Gasteiger partial charge is 0.354 e. The van der Waals surface area contributed by atoms with Crippen LogP contribution >= 0.6 is 0 Å². The van der Waals surface area contributed by atoms with Crippen molar-refractivity contribution < 1.29 is 14.4 Å². The summed E-state index contributed by atoms with van der Waals surface area (Å²) in [5.74, 6) is -0.218. The van der Waals surface area contributed by atoms with Crippen LogP contribution in [0.4, 0.5) is 5.69 Å². The van der Waals surface area contributed by atoms with Gasteiger partial charge in [0.05, 0.1) is 5.69 Å². The fraction of sp³-hybridized carbons (Fsp3) is 0.345. The third-order valence-electron chi connectivity index (χ3n) is 6.62. The van der Waals surface area contributed by atoms with E-state index < -0.39 is 6.04 Å². The minimum Gasteiger partial charge on any atom is -0.354 e. The monoisotopic (exact) mass is 471 g/mol. The second-order valence-electron chi connectivity index (χ2n) is 9.03. The number of hydrogen-bond acceptors (Lipinski definition) is 3. The maximum atomic E-state index is 13.3. The van der Waals surface area contributed by atoms with Crippen molar-refractivity contribution in [1.29, 1.82) is 0 Å². The predicted molar refractivity (Wildman–Crippen MR) is 139 cm³/mol. The lowest BCUT2D eigenvalue weighted by atomic mass is 10.1. The number of amides is 3. The molecule has 0 saturated carbocycles. The summed E-state index contributed by atoms with van der Waals surface area (Å²) in [7, 11) is 0. The van der Waals surface area contributed by atoms with Gasteiger partial charge in [0, 0.05) is 37.0 Å². The van der Waals surface area contributed by atoms with Gasteiger partial charge in [0.1, 0.15) is 6.04 Å². The van der Waals surface area contributed by atoms with Crippen molar-refractivity contribution in [2.45, 2.75) is 45.6 Å². The summed E-state index contributed by atoms with van der Waals surface area (Å²) in [5.41, 5.74) is 2.75. The number of carbonyl (C=O) groups excluding carboxylic acids is 3. The molecular weight excluding hydrogens is 438 g/mol. The van der Waals surface area contributed by atoms with E-state index in [0.717, 1.165) is 34.0 Å². The van der Waals surface area contributed by atoms with Crippen molar-refractivity contribution in [1.82, 2.24) is 10.2 Å². The van der Waals surface area contributed by atoms with Gasteiger partial charge in [-0.25, -0.2) is 0 Å². The maximum absolute atomic E-state index is 13.3. The van der Waals surface area contributed by atoms with Crippen LogP contribution in [0.25, 0.3) is 10.8 Å². The van der Waals surface area contributed by atoms with Gasteiger partial charge in [0.2, 0.25) is 11.8 Å². The molecule has 35 heavy (non-hydrogen) atoms. The second-order valence-corrected chi connectivity index (χ2v) is 9.03. The van der Waals surface area contributed by atoms with Crippen molar-refractivity contribution in [2.75, 3.05) is 24.5 Å². The van der Waals surface area contributed by atoms with Crippen LogP contribution in [0, 0.1) is 0 Å². The van der Waals surface area contributed by atoms with E-state index in [4.69, 9.17) is 0 Å². The van der Waals surface area contributed by atoms with E-state index in [-0.39, 0.29) is 24.1 Å². The highest BCUT2D eigenvalue weighted by Gasteiger charge is 2.30. The molecule has 1 atom stereocenters. The molecule has 6 nitrogen and oxygen atoms in total. The maximum Gasteiger partial charge on any atom is 0.258 e. The Bertz CT molecular complexity index is 1200. The minimum absolute atomic E-state index is 0.0162. The van der Waals surface area contributed by atoms with E-state index in [2.05, 4.69) is 5.32 Å². The average Bonchev–Trinajstić information content (AvgIpc) is 3.16. The molecule has 0 spiro atoms. The normalized spacial score (nSPS) is 13.2. The molecule has 0 radical (unpaired) electrons. The van der Waals surface area contributed by atoms with Crippen LogP contribution in [0.15, 0.2) is 66.7 Å². The predicted octanol–water partition coefficient (Wildman–Crippen LogP) is 4.57. The topological polar surface area (TPSA) is 69.7 Å². The molecule has 1 N–H and O–H groups in total. The highest BCUT2D eigenvalue weighted by molar-refractivity contribution is 6.25. The summed E-state index contributed by atoms with van der Waals surface area (Å²) in [6.45, 7) is 5.31. The number of nitrogens with one attached hydrogen (secondary N) is 1. The zero-order chi connectivity index (χ0) is 24.8. The van der Waals surface area contributed by atoms with Crippen LogP contribution < -0.4 is 10.2 Å². The Morgan fingerprint density at radius 2 is 1.74 bits per heavy atom. The summed E-state index contributed by atoms with van der Waals surface area (Å²) < 4.78 is 0. The first-order valence-electron chi connectivity index (χ1n) is 12.5. The number of hydrogen-bond donors (Lipinski definition) is 1.